The molecule has 0 radical (unpaired) electrons. The van der Waals surface area contributed by atoms with Crippen LogP contribution in [0.5, 0.6) is 0 Å². The maximum Gasteiger partial charge on any atom is 0.248 e. The van der Waals surface area contributed by atoms with E-state index >= 15 is 0 Å². The molecule has 3 atom stereocenters. The molecule has 1 heterocycles. The van der Waals surface area contributed by atoms with E-state index in [1.165, 1.54) is 19.3 Å². The summed E-state index contributed by atoms with van der Waals surface area (Å²) in [6.45, 7) is 5.04. The van der Waals surface area contributed by atoms with Crippen molar-refractivity contribution in [2.24, 2.45) is 11.7 Å². The lowest BCUT2D eigenvalue weighted by Gasteiger charge is -2.46. The van der Waals surface area contributed by atoms with Gasteiger partial charge in [0.1, 0.15) is 0 Å². The Morgan fingerprint density at radius 1 is 1.20 bits per heavy atom. The van der Waals surface area contributed by atoms with Crippen LogP contribution in [0.25, 0.3) is 0 Å². The first kappa shape index (κ1) is 16.6. The number of carbonyl (C=O) groups is 2. The van der Waals surface area contributed by atoms with E-state index in [1.807, 2.05) is 18.2 Å². The molecule has 2 aliphatic carbocycles. The molecular formula is C20H27N3O2. The zero-order valence-corrected chi connectivity index (χ0v) is 14.9. The van der Waals surface area contributed by atoms with E-state index in [2.05, 4.69) is 16.7 Å². The summed E-state index contributed by atoms with van der Waals surface area (Å²) in [7, 11) is 0. The molecule has 134 valence electrons. The second-order valence-corrected chi connectivity index (χ2v) is 7.90. The zero-order chi connectivity index (χ0) is 17.6. The fourth-order valence-electron chi connectivity index (χ4n) is 4.37. The summed E-state index contributed by atoms with van der Waals surface area (Å²) < 4.78 is 0. The summed E-state index contributed by atoms with van der Waals surface area (Å²) in [6.07, 6.45) is 4.88. The summed E-state index contributed by atoms with van der Waals surface area (Å²) >= 11 is 0. The highest BCUT2D eigenvalue weighted by molar-refractivity contribution is 5.93. The van der Waals surface area contributed by atoms with E-state index in [-0.39, 0.29) is 17.7 Å². The van der Waals surface area contributed by atoms with Crippen LogP contribution in [0.15, 0.2) is 24.3 Å². The van der Waals surface area contributed by atoms with Gasteiger partial charge in [0.05, 0.1) is 0 Å². The van der Waals surface area contributed by atoms with Gasteiger partial charge < -0.3 is 10.6 Å². The molecule has 2 amide bonds. The third-order valence-corrected chi connectivity index (χ3v) is 6.24. The fraction of sp³-hybridized carbons (Fsp3) is 0.600. The molecule has 1 unspecified atom stereocenters. The Bertz CT molecular complexity index is 685. The summed E-state index contributed by atoms with van der Waals surface area (Å²) in [5.41, 5.74) is 6.96. The first-order valence-electron chi connectivity index (χ1n) is 9.49. The molecule has 2 N–H and O–H groups in total. The Labute approximate surface area is 149 Å². The number of amides is 2. The number of piperazine rings is 1. The number of rotatable bonds is 4. The van der Waals surface area contributed by atoms with Gasteiger partial charge >= 0.3 is 0 Å². The van der Waals surface area contributed by atoms with E-state index < -0.39 is 5.91 Å². The minimum atomic E-state index is -0.411. The second-order valence-electron chi connectivity index (χ2n) is 7.90. The third kappa shape index (κ3) is 3.17. The lowest BCUT2D eigenvalue weighted by atomic mass is 9.90. The first-order valence-corrected chi connectivity index (χ1v) is 9.49. The number of benzene rings is 1. The van der Waals surface area contributed by atoms with Crippen molar-refractivity contribution >= 4 is 11.8 Å². The largest absolute Gasteiger partial charge is 0.366 e. The molecule has 1 saturated heterocycles. The molecule has 1 aromatic rings. The first-order chi connectivity index (χ1) is 12.0. The van der Waals surface area contributed by atoms with E-state index in [9.17, 15) is 9.59 Å². The van der Waals surface area contributed by atoms with Gasteiger partial charge in [-0.2, -0.15) is 0 Å². The van der Waals surface area contributed by atoms with Gasteiger partial charge in [-0.05, 0) is 49.8 Å². The average molecular weight is 341 g/mol. The Kier molecular flexibility index (Phi) is 4.28. The number of primary amides is 1. The fourth-order valence-corrected chi connectivity index (χ4v) is 4.37. The lowest BCUT2D eigenvalue weighted by molar-refractivity contribution is -0.138. The molecule has 1 aromatic carbocycles. The van der Waals surface area contributed by atoms with Crippen molar-refractivity contribution in [3.63, 3.8) is 0 Å². The maximum absolute atomic E-state index is 12.9. The van der Waals surface area contributed by atoms with Crippen LogP contribution in [0.4, 0.5) is 0 Å². The molecule has 5 heteroatoms. The smallest absolute Gasteiger partial charge is 0.248 e. The van der Waals surface area contributed by atoms with Crippen molar-refractivity contribution in [2.45, 2.75) is 50.6 Å². The van der Waals surface area contributed by atoms with Crippen LogP contribution in [0.2, 0.25) is 0 Å². The lowest BCUT2D eigenvalue weighted by Crippen LogP contribution is -2.58. The molecule has 3 fully saturated rings. The van der Waals surface area contributed by atoms with Gasteiger partial charge in [0.2, 0.25) is 11.8 Å². The van der Waals surface area contributed by atoms with Crippen molar-refractivity contribution in [2.75, 3.05) is 19.6 Å². The number of carbonyl (C=O) groups excluding carboxylic acids is 2. The summed E-state index contributed by atoms with van der Waals surface area (Å²) in [5, 5.41) is 0. The highest BCUT2D eigenvalue weighted by Gasteiger charge is 2.47. The normalized spacial score (nSPS) is 30.0. The SMILES string of the molecule is C[C@H]1CN(C2CCC2)CCN1C(=O)[C@H]1CC1c1cccc(C(N)=O)c1. The van der Waals surface area contributed by atoms with Crippen LogP contribution >= 0.6 is 0 Å². The predicted octanol–water partition coefficient (Wildman–Crippen LogP) is 1.97. The standard InChI is InChI=1S/C20H27N3O2/c1-13-12-22(16-6-3-7-16)8-9-23(13)20(25)18-11-17(18)14-4-2-5-15(10-14)19(21)24/h2,4-5,10,13,16-18H,3,6-9,11-12H2,1H3,(H2,21,24)/t13-,17?,18-/m0/s1. The van der Waals surface area contributed by atoms with Crippen molar-refractivity contribution in [3.8, 4) is 0 Å². The maximum atomic E-state index is 12.9. The molecule has 0 spiro atoms. The Morgan fingerprint density at radius 2 is 2.00 bits per heavy atom. The molecular weight excluding hydrogens is 314 g/mol. The Hall–Kier alpha value is -1.88. The van der Waals surface area contributed by atoms with Crippen molar-refractivity contribution in [3.05, 3.63) is 35.4 Å². The summed E-state index contributed by atoms with van der Waals surface area (Å²) in [4.78, 5) is 29.0. The minimum absolute atomic E-state index is 0.0702. The number of nitrogens with zero attached hydrogens (tertiary/aromatic N) is 2. The Balaban J connectivity index is 1.38. The quantitative estimate of drug-likeness (QED) is 0.910. The van der Waals surface area contributed by atoms with E-state index in [1.54, 1.807) is 6.07 Å². The monoisotopic (exact) mass is 341 g/mol. The van der Waals surface area contributed by atoms with E-state index in [4.69, 9.17) is 5.73 Å². The van der Waals surface area contributed by atoms with Gasteiger partial charge in [-0.1, -0.05) is 18.6 Å². The van der Waals surface area contributed by atoms with Crippen LogP contribution in [-0.2, 0) is 4.79 Å². The van der Waals surface area contributed by atoms with Gasteiger partial charge in [-0.15, -0.1) is 0 Å². The predicted molar refractivity (Wildman–Crippen MR) is 96.2 cm³/mol. The van der Waals surface area contributed by atoms with Gasteiger partial charge in [0, 0.05) is 43.2 Å². The Morgan fingerprint density at radius 3 is 2.64 bits per heavy atom. The van der Waals surface area contributed by atoms with Crippen molar-refractivity contribution < 1.29 is 9.59 Å². The molecule has 2 saturated carbocycles. The van der Waals surface area contributed by atoms with Crippen LogP contribution in [-0.4, -0.2) is 53.3 Å². The zero-order valence-electron chi connectivity index (χ0n) is 14.9. The van der Waals surface area contributed by atoms with Gasteiger partial charge in [0.25, 0.3) is 0 Å². The third-order valence-electron chi connectivity index (χ3n) is 6.24. The molecule has 4 rings (SSSR count). The second kappa shape index (κ2) is 6.45. The average Bonchev–Trinajstić information content (AvgIpc) is 3.33. The van der Waals surface area contributed by atoms with Gasteiger partial charge in [-0.25, -0.2) is 0 Å². The van der Waals surface area contributed by atoms with Crippen LogP contribution in [0.1, 0.15) is 54.4 Å². The van der Waals surface area contributed by atoms with Crippen molar-refractivity contribution in [1.82, 2.24) is 9.80 Å². The van der Waals surface area contributed by atoms with Crippen LogP contribution in [0.3, 0.4) is 0 Å². The molecule has 1 aliphatic heterocycles. The minimum Gasteiger partial charge on any atom is -0.366 e. The van der Waals surface area contributed by atoms with E-state index in [0.717, 1.165) is 37.7 Å². The van der Waals surface area contributed by atoms with E-state index in [0.29, 0.717) is 11.6 Å². The number of nitrogens with two attached hydrogens (primary N) is 1. The van der Waals surface area contributed by atoms with Gasteiger partial charge in [0.15, 0.2) is 0 Å². The number of hydrogen-bond acceptors (Lipinski definition) is 3. The molecule has 0 bridgehead atoms. The van der Waals surface area contributed by atoms with Gasteiger partial charge in [-0.3, -0.25) is 14.5 Å². The van der Waals surface area contributed by atoms with Crippen molar-refractivity contribution in [1.29, 1.82) is 0 Å². The van der Waals surface area contributed by atoms with Crippen LogP contribution < -0.4 is 5.73 Å². The summed E-state index contributed by atoms with van der Waals surface area (Å²) in [5.74, 6) is 0.186. The number of hydrogen-bond donors (Lipinski definition) is 1. The summed E-state index contributed by atoms with van der Waals surface area (Å²) in [6, 6.07) is 8.48. The topological polar surface area (TPSA) is 66.6 Å². The molecule has 0 aromatic heterocycles. The molecule has 25 heavy (non-hydrogen) atoms. The molecule has 3 aliphatic rings. The highest BCUT2D eigenvalue weighted by Crippen LogP contribution is 2.49. The highest BCUT2D eigenvalue weighted by atomic mass is 16.2. The van der Waals surface area contributed by atoms with Crippen LogP contribution in [0, 0.1) is 5.92 Å². The molecule has 5 nitrogen and oxygen atoms in total.